The summed E-state index contributed by atoms with van der Waals surface area (Å²) in [6, 6.07) is 26.3. The van der Waals surface area contributed by atoms with Crippen LogP contribution in [-0.4, -0.2) is 33.3 Å². The van der Waals surface area contributed by atoms with Gasteiger partial charge in [-0.25, -0.2) is 0 Å². The summed E-state index contributed by atoms with van der Waals surface area (Å²) in [5.74, 6) is -0.540. The zero-order valence-electron chi connectivity index (χ0n) is 18.8. The van der Waals surface area contributed by atoms with Gasteiger partial charge >= 0.3 is 0 Å². The Balaban J connectivity index is 1.54. The number of carbonyl (C=O) groups excluding carboxylic acids is 2. The number of H-pyrrole nitrogens is 1. The number of hydrogen-bond donors (Lipinski definition) is 1. The number of amides is 2. The predicted octanol–water partition coefficient (Wildman–Crippen LogP) is 5.27. The van der Waals surface area contributed by atoms with Crippen LogP contribution < -0.4 is 0 Å². The molecule has 0 saturated heterocycles. The van der Waals surface area contributed by atoms with Crippen molar-refractivity contribution < 1.29 is 9.59 Å². The van der Waals surface area contributed by atoms with Gasteiger partial charge in [-0.3, -0.25) is 14.5 Å². The van der Waals surface area contributed by atoms with Crippen LogP contribution in [0.15, 0.2) is 91.3 Å². The number of carbonyl (C=O) groups is 2. The van der Waals surface area contributed by atoms with Crippen LogP contribution in [0.4, 0.5) is 0 Å². The summed E-state index contributed by atoms with van der Waals surface area (Å²) >= 11 is 0. The fraction of sp³-hybridized carbons (Fsp3) is 0.103. The molecule has 0 saturated carbocycles. The van der Waals surface area contributed by atoms with Gasteiger partial charge in [-0.2, -0.15) is 0 Å². The Morgan fingerprint density at radius 2 is 1.38 bits per heavy atom. The second kappa shape index (κ2) is 7.89. The molecule has 0 spiro atoms. The standard InChI is InChI=1S/C29H23N3O2/c1-31-28(33)26(22-17-30-24-13-7-5-11-20(22)24)27(29(31)34)23-18-32(25-14-8-6-12-21(23)25)16-15-19-9-3-2-4-10-19/h2-14,17-18,30H,15-16H2,1H3. The van der Waals surface area contributed by atoms with Crippen LogP contribution in [0.2, 0.25) is 0 Å². The first kappa shape index (κ1) is 20.2. The van der Waals surface area contributed by atoms with E-state index in [1.807, 2.05) is 73.1 Å². The Bertz CT molecular complexity index is 1600. The Hall–Kier alpha value is -4.38. The molecule has 0 unspecified atom stereocenters. The zero-order valence-corrected chi connectivity index (χ0v) is 18.8. The number of aromatic amines is 1. The highest BCUT2D eigenvalue weighted by molar-refractivity contribution is 6.50. The molecular weight excluding hydrogens is 422 g/mol. The van der Waals surface area contributed by atoms with Crippen molar-refractivity contribution in [3.05, 3.63) is 108 Å². The molecule has 3 aromatic carbocycles. The van der Waals surface area contributed by atoms with Crippen LogP contribution in [0, 0.1) is 0 Å². The molecule has 166 valence electrons. The van der Waals surface area contributed by atoms with Crippen LogP contribution in [0.5, 0.6) is 0 Å². The molecule has 34 heavy (non-hydrogen) atoms. The average Bonchev–Trinajstić information content (AvgIpc) is 3.52. The smallest absolute Gasteiger partial charge is 0.261 e. The molecule has 3 heterocycles. The van der Waals surface area contributed by atoms with Crippen LogP contribution in [-0.2, 0) is 22.6 Å². The fourth-order valence-corrected chi connectivity index (χ4v) is 4.94. The van der Waals surface area contributed by atoms with Crippen LogP contribution in [0.1, 0.15) is 16.7 Å². The van der Waals surface area contributed by atoms with Crippen molar-refractivity contribution in [1.82, 2.24) is 14.5 Å². The molecule has 0 fully saturated rings. The van der Waals surface area contributed by atoms with Gasteiger partial charge in [0.25, 0.3) is 11.8 Å². The normalized spacial score (nSPS) is 14.2. The third-order valence-corrected chi connectivity index (χ3v) is 6.69. The SMILES string of the molecule is CN1C(=O)C(c2c[nH]c3ccccc23)=C(c2cn(CCc3ccccc3)c3ccccc23)C1=O. The summed E-state index contributed by atoms with van der Waals surface area (Å²) in [6.45, 7) is 0.776. The Kier molecular flexibility index (Phi) is 4.69. The van der Waals surface area contributed by atoms with Gasteiger partial charge in [0.1, 0.15) is 0 Å². The van der Waals surface area contributed by atoms with Crippen molar-refractivity contribution in [2.45, 2.75) is 13.0 Å². The first-order chi connectivity index (χ1) is 16.6. The van der Waals surface area contributed by atoms with Gasteiger partial charge in [-0.1, -0.05) is 66.7 Å². The van der Waals surface area contributed by atoms with E-state index in [0.717, 1.165) is 45.9 Å². The second-order valence-corrected chi connectivity index (χ2v) is 8.66. The molecule has 5 nitrogen and oxygen atoms in total. The molecule has 0 aliphatic carbocycles. The topological polar surface area (TPSA) is 58.1 Å². The lowest BCUT2D eigenvalue weighted by Gasteiger charge is -2.06. The van der Waals surface area contributed by atoms with Crippen molar-refractivity contribution in [1.29, 1.82) is 0 Å². The number of fused-ring (bicyclic) bond motifs is 2. The molecule has 1 aliphatic heterocycles. The number of hydrogen-bond acceptors (Lipinski definition) is 2. The van der Waals surface area contributed by atoms with Crippen molar-refractivity contribution in [3.8, 4) is 0 Å². The van der Waals surface area contributed by atoms with Gasteiger partial charge in [0.15, 0.2) is 0 Å². The molecule has 2 aromatic heterocycles. The maximum atomic E-state index is 13.4. The molecule has 5 heteroatoms. The van der Waals surface area contributed by atoms with E-state index >= 15 is 0 Å². The van der Waals surface area contributed by atoms with E-state index in [1.54, 1.807) is 7.05 Å². The van der Waals surface area contributed by atoms with E-state index in [-0.39, 0.29) is 11.8 Å². The number of imide groups is 1. The number of nitrogens with one attached hydrogen (secondary N) is 1. The summed E-state index contributed by atoms with van der Waals surface area (Å²) in [5, 5.41) is 1.90. The van der Waals surface area contributed by atoms with Crippen LogP contribution in [0.3, 0.4) is 0 Å². The Morgan fingerprint density at radius 1 is 0.735 bits per heavy atom. The number of aryl methyl sites for hydroxylation is 2. The minimum atomic E-state index is -0.272. The van der Waals surface area contributed by atoms with Gasteiger partial charge in [-0.05, 0) is 24.1 Å². The Morgan fingerprint density at radius 3 is 2.18 bits per heavy atom. The summed E-state index contributed by atoms with van der Waals surface area (Å²) in [4.78, 5) is 31.2. The number of para-hydroxylation sites is 2. The maximum Gasteiger partial charge on any atom is 0.261 e. The van der Waals surface area contributed by atoms with Crippen molar-refractivity contribution >= 4 is 44.8 Å². The first-order valence-electron chi connectivity index (χ1n) is 11.4. The van der Waals surface area contributed by atoms with Gasteiger partial charge in [-0.15, -0.1) is 0 Å². The lowest BCUT2D eigenvalue weighted by Crippen LogP contribution is -2.26. The van der Waals surface area contributed by atoms with E-state index < -0.39 is 0 Å². The molecule has 1 aliphatic rings. The van der Waals surface area contributed by atoms with Crippen LogP contribution >= 0.6 is 0 Å². The van der Waals surface area contributed by atoms with Crippen molar-refractivity contribution in [2.24, 2.45) is 0 Å². The molecular formula is C29H23N3O2. The van der Waals surface area contributed by atoms with Gasteiger partial charge < -0.3 is 9.55 Å². The summed E-state index contributed by atoms with van der Waals surface area (Å²) in [6.07, 6.45) is 4.74. The third kappa shape index (κ3) is 3.09. The monoisotopic (exact) mass is 445 g/mol. The van der Waals surface area contributed by atoms with Gasteiger partial charge in [0, 0.05) is 58.9 Å². The number of likely N-dealkylation sites (N-methyl/N-ethyl adjacent to an activating group) is 1. The molecule has 2 amide bonds. The van der Waals surface area contributed by atoms with E-state index in [2.05, 4.69) is 27.8 Å². The molecule has 0 atom stereocenters. The third-order valence-electron chi connectivity index (χ3n) is 6.69. The summed E-state index contributed by atoms with van der Waals surface area (Å²) in [5.41, 5.74) is 5.72. The molecule has 0 bridgehead atoms. The highest BCUT2D eigenvalue weighted by atomic mass is 16.2. The molecule has 5 aromatic rings. The molecule has 6 rings (SSSR count). The lowest BCUT2D eigenvalue weighted by atomic mass is 9.95. The Labute approximate surface area is 196 Å². The molecule has 0 radical (unpaired) electrons. The number of rotatable bonds is 5. The van der Waals surface area contributed by atoms with Crippen molar-refractivity contribution in [2.75, 3.05) is 7.05 Å². The summed E-state index contributed by atoms with van der Waals surface area (Å²) < 4.78 is 2.19. The highest BCUT2D eigenvalue weighted by Crippen LogP contribution is 2.40. The quantitative estimate of drug-likeness (QED) is 0.375. The minimum Gasteiger partial charge on any atom is -0.361 e. The van der Waals surface area contributed by atoms with Crippen molar-refractivity contribution in [3.63, 3.8) is 0 Å². The van der Waals surface area contributed by atoms with Gasteiger partial charge in [0.2, 0.25) is 0 Å². The number of nitrogens with zero attached hydrogens (tertiary/aromatic N) is 2. The van der Waals surface area contributed by atoms with E-state index in [9.17, 15) is 9.59 Å². The van der Waals surface area contributed by atoms with E-state index in [4.69, 9.17) is 0 Å². The van der Waals surface area contributed by atoms with Crippen LogP contribution in [0.25, 0.3) is 33.0 Å². The number of benzene rings is 3. The van der Waals surface area contributed by atoms with Gasteiger partial charge in [0.05, 0.1) is 11.1 Å². The summed E-state index contributed by atoms with van der Waals surface area (Å²) in [7, 11) is 1.56. The number of aromatic nitrogens is 2. The predicted molar refractivity (Wildman–Crippen MR) is 135 cm³/mol. The van der Waals surface area contributed by atoms with E-state index in [1.165, 1.54) is 10.5 Å². The second-order valence-electron chi connectivity index (χ2n) is 8.66. The minimum absolute atomic E-state index is 0.267. The highest BCUT2D eigenvalue weighted by Gasteiger charge is 2.39. The zero-order chi connectivity index (χ0) is 23.2. The largest absolute Gasteiger partial charge is 0.361 e. The maximum absolute atomic E-state index is 13.4. The molecule has 1 N–H and O–H groups in total. The fourth-order valence-electron chi connectivity index (χ4n) is 4.94. The van der Waals surface area contributed by atoms with E-state index in [0.29, 0.717) is 11.1 Å². The lowest BCUT2D eigenvalue weighted by molar-refractivity contribution is -0.134. The average molecular weight is 446 g/mol. The first-order valence-corrected chi connectivity index (χ1v) is 11.4.